The molecule has 3 aromatic rings. The number of aromatic nitrogens is 1. The van der Waals surface area contributed by atoms with E-state index in [1.54, 1.807) is 36.4 Å². The van der Waals surface area contributed by atoms with E-state index in [1.165, 1.54) is 18.3 Å². The van der Waals surface area contributed by atoms with Gasteiger partial charge in [-0.25, -0.2) is 9.78 Å². The van der Waals surface area contributed by atoms with E-state index in [1.807, 2.05) is 0 Å². The summed E-state index contributed by atoms with van der Waals surface area (Å²) in [5.41, 5.74) is -0.147. The molecule has 3 rings (SSSR count). The van der Waals surface area contributed by atoms with Crippen molar-refractivity contribution in [1.29, 1.82) is 0 Å². The van der Waals surface area contributed by atoms with Gasteiger partial charge in [0.05, 0.1) is 11.1 Å². The van der Waals surface area contributed by atoms with E-state index >= 15 is 0 Å². The number of amides is 1. The first-order valence-corrected chi connectivity index (χ1v) is 10.3. The fourth-order valence-electron chi connectivity index (χ4n) is 2.92. The molecule has 1 amide bonds. The molecular formula is C25H20F3N3O4. The molecular weight excluding hydrogens is 463 g/mol. The van der Waals surface area contributed by atoms with Gasteiger partial charge in [0.1, 0.15) is 11.6 Å². The first-order valence-electron chi connectivity index (χ1n) is 10.3. The minimum atomic E-state index is -4.61. The lowest BCUT2D eigenvalue weighted by Gasteiger charge is -2.13. The van der Waals surface area contributed by atoms with Crippen molar-refractivity contribution >= 4 is 17.7 Å². The zero-order valence-corrected chi connectivity index (χ0v) is 18.2. The highest BCUT2D eigenvalue weighted by Crippen LogP contribution is 2.31. The maximum absolute atomic E-state index is 13.0. The van der Waals surface area contributed by atoms with Crippen LogP contribution in [0.25, 0.3) is 0 Å². The number of nitrogens with zero attached hydrogens (tertiary/aromatic N) is 1. The molecule has 180 valence electrons. The van der Waals surface area contributed by atoms with Gasteiger partial charge in [-0.3, -0.25) is 4.79 Å². The fraction of sp³-hybridized carbons (Fsp3) is 0.160. The van der Waals surface area contributed by atoms with Crippen molar-refractivity contribution in [2.24, 2.45) is 0 Å². The van der Waals surface area contributed by atoms with E-state index in [4.69, 9.17) is 9.84 Å². The Bertz CT molecular complexity index is 1250. The van der Waals surface area contributed by atoms with Gasteiger partial charge in [0, 0.05) is 30.4 Å². The highest BCUT2D eigenvalue weighted by molar-refractivity contribution is 5.95. The molecule has 0 bridgehead atoms. The summed E-state index contributed by atoms with van der Waals surface area (Å²) in [6, 6.07) is 14.7. The Labute approximate surface area is 199 Å². The van der Waals surface area contributed by atoms with Crippen LogP contribution in [0, 0.1) is 11.8 Å². The van der Waals surface area contributed by atoms with Crippen molar-refractivity contribution in [3.8, 4) is 17.6 Å². The summed E-state index contributed by atoms with van der Waals surface area (Å²) in [6.07, 6.45) is -3.07. The van der Waals surface area contributed by atoms with Crippen LogP contribution in [0.15, 0.2) is 66.9 Å². The van der Waals surface area contributed by atoms with Crippen LogP contribution in [-0.4, -0.2) is 41.7 Å². The highest BCUT2D eigenvalue weighted by atomic mass is 19.4. The van der Waals surface area contributed by atoms with Gasteiger partial charge in [0.2, 0.25) is 0 Å². The molecule has 1 heterocycles. The quantitative estimate of drug-likeness (QED) is 0.333. The molecule has 0 radical (unpaired) electrons. The first-order chi connectivity index (χ1) is 16.7. The standard InChI is InChI=1S/C25H20F3N3O4/c26-25(27,28)21-7-2-1-6-20(21)24(34)30-13-12-29-22-11-10-18(15-31-22)9-8-17-4-3-5-19(14-17)35-16-23(32)33/h1-7,10-11,14-15H,12-13,16H2,(H,29,31)(H,30,34)(H,32,33). The number of ether oxygens (including phenoxy) is 1. The Morgan fingerprint density at radius 3 is 2.46 bits per heavy atom. The molecule has 10 heteroatoms. The minimum absolute atomic E-state index is 0.0918. The Kier molecular flexibility index (Phi) is 8.29. The van der Waals surface area contributed by atoms with E-state index in [-0.39, 0.29) is 13.1 Å². The van der Waals surface area contributed by atoms with Gasteiger partial charge in [0.25, 0.3) is 5.91 Å². The second-order valence-electron chi connectivity index (χ2n) is 7.12. The molecule has 0 fully saturated rings. The maximum atomic E-state index is 13.0. The number of carbonyl (C=O) groups is 2. The monoisotopic (exact) mass is 483 g/mol. The number of hydrogen-bond donors (Lipinski definition) is 3. The van der Waals surface area contributed by atoms with E-state index in [9.17, 15) is 22.8 Å². The number of alkyl halides is 3. The summed E-state index contributed by atoms with van der Waals surface area (Å²) in [5.74, 6) is 4.89. The van der Waals surface area contributed by atoms with E-state index in [2.05, 4.69) is 27.5 Å². The number of nitrogens with one attached hydrogen (secondary N) is 2. The van der Waals surface area contributed by atoms with Crippen LogP contribution < -0.4 is 15.4 Å². The van der Waals surface area contributed by atoms with E-state index in [0.29, 0.717) is 22.7 Å². The molecule has 0 spiro atoms. The van der Waals surface area contributed by atoms with Crippen LogP contribution in [0.5, 0.6) is 5.75 Å². The molecule has 35 heavy (non-hydrogen) atoms. The highest BCUT2D eigenvalue weighted by Gasteiger charge is 2.34. The van der Waals surface area contributed by atoms with Crippen molar-refractivity contribution in [2.75, 3.05) is 25.0 Å². The van der Waals surface area contributed by atoms with Crippen LogP contribution in [0.2, 0.25) is 0 Å². The van der Waals surface area contributed by atoms with E-state index < -0.39 is 35.8 Å². The van der Waals surface area contributed by atoms with Gasteiger partial charge in [0.15, 0.2) is 6.61 Å². The lowest BCUT2D eigenvalue weighted by atomic mass is 10.1. The largest absolute Gasteiger partial charge is 0.482 e. The average molecular weight is 483 g/mol. The lowest BCUT2D eigenvalue weighted by Crippen LogP contribution is -2.30. The van der Waals surface area contributed by atoms with E-state index in [0.717, 1.165) is 12.1 Å². The summed E-state index contributed by atoms with van der Waals surface area (Å²) in [6.45, 7) is -0.102. The Morgan fingerprint density at radius 2 is 1.74 bits per heavy atom. The van der Waals surface area contributed by atoms with Crippen molar-refractivity contribution in [2.45, 2.75) is 6.18 Å². The molecule has 7 nitrogen and oxygen atoms in total. The molecule has 0 atom stereocenters. The number of carboxylic acids is 1. The number of aliphatic carboxylic acids is 1. The number of anilines is 1. The van der Waals surface area contributed by atoms with Crippen LogP contribution in [0.3, 0.4) is 0 Å². The third-order valence-electron chi connectivity index (χ3n) is 4.50. The third kappa shape index (κ3) is 7.78. The SMILES string of the molecule is O=C(O)COc1cccc(C#Cc2ccc(NCCNC(=O)c3ccccc3C(F)(F)F)nc2)c1. The smallest absolute Gasteiger partial charge is 0.417 e. The molecule has 0 aliphatic carbocycles. The van der Waals surface area contributed by atoms with Crippen LogP contribution in [0.1, 0.15) is 27.0 Å². The van der Waals surface area contributed by atoms with Gasteiger partial charge < -0.3 is 20.5 Å². The van der Waals surface area contributed by atoms with Crippen LogP contribution >= 0.6 is 0 Å². The zero-order valence-electron chi connectivity index (χ0n) is 18.2. The Hall–Kier alpha value is -4.52. The molecule has 0 saturated heterocycles. The molecule has 3 N–H and O–H groups in total. The number of pyridine rings is 1. The summed E-state index contributed by atoms with van der Waals surface area (Å²) < 4.78 is 44.2. The second-order valence-corrected chi connectivity index (χ2v) is 7.12. The number of halogens is 3. The van der Waals surface area contributed by atoms with Gasteiger partial charge in [-0.2, -0.15) is 13.2 Å². The molecule has 1 aromatic heterocycles. The topological polar surface area (TPSA) is 101 Å². The number of rotatable bonds is 8. The Balaban J connectivity index is 1.50. The summed E-state index contributed by atoms with van der Waals surface area (Å²) in [5, 5.41) is 14.1. The predicted molar refractivity (Wildman–Crippen MR) is 122 cm³/mol. The number of carboxylic acid groups (broad SMARTS) is 1. The maximum Gasteiger partial charge on any atom is 0.417 e. The minimum Gasteiger partial charge on any atom is -0.482 e. The van der Waals surface area contributed by atoms with Gasteiger partial charge in [-0.1, -0.05) is 30.0 Å². The first kappa shape index (κ1) is 25.1. The summed E-state index contributed by atoms with van der Waals surface area (Å²) >= 11 is 0. The van der Waals surface area contributed by atoms with Gasteiger partial charge in [-0.05, 0) is 42.5 Å². The molecule has 0 saturated carbocycles. The summed E-state index contributed by atoms with van der Waals surface area (Å²) in [4.78, 5) is 26.9. The van der Waals surface area contributed by atoms with Crippen LogP contribution in [0.4, 0.5) is 19.0 Å². The van der Waals surface area contributed by atoms with Crippen LogP contribution in [-0.2, 0) is 11.0 Å². The third-order valence-corrected chi connectivity index (χ3v) is 4.50. The molecule has 0 aliphatic rings. The molecule has 2 aromatic carbocycles. The fourth-order valence-corrected chi connectivity index (χ4v) is 2.92. The zero-order chi connectivity index (χ0) is 25.3. The lowest BCUT2D eigenvalue weighted by molar-refractivity contribution is -0.139. The number of hydrogen-bond acceptors (Lipinski definition) is 5. The summed E-state index contributed by atoms with van der Waals surface area (Å²) in [7, 11) is 0. The molecule has 0 aliphatic heterocycles. The van der Waals surface area contributed by atoms with Crippen molar-refractivity contribution in [1.82, 2.24) is 10.3 Å². The van der Waals surface area contributed by atoms with Crippen molar-refractivity contribution in [3.05, 3.63) is 89.1 Å². The van der Waals surface area contributed by atoms with Gasteiger partial charge in [-0.15, -0.1) is 0 Å². The predicted octanol–water partition coefficient (Wildman–Crippen LogP) is 3.81. The Morgan fingerprint density at radius 1 is 0.971 bits per heavy atom. The second kappa shape index (κ2) is 11.6. The number of carbonyl (C=O) groups excluding carboxylic acids is 1. The van der Waals surface area contributed by atoms with Crippen molar-refractivity contribution < 1.29 is 32.6 Å². The normalized spacial score (nSPS) is 10.6. The van der Waals surface area contributed by atoms with Gasteiger partial charge >= 0.3 is 12.1 Å². The average Bonchev–Trinajstić information content (AvgIpc) is 2.84. The molecule has 0 unspecified atom stereocenters. The number of benzene rings is 2. The van der Waals surface area contributed by atoms with Crippen molar-refractivity contribution in [3.63, 3.8) is 0 Å².